The number of carbonyl (C=O) groups is 1. The van der Waals surface area contributed by atoms with Crippen LogP contribution in [-0.2, 0) is 13.0 Å². The first-order valence-corrected chi connectivity index (χ1v) is 6.48. The highest BCUT2D eigenvalue weighted by atomic mass is 16.5. The average molecular weight is 272 g/mol. The van der Waals surface area contributed by atoms with Crippen LogP contribution < -0.4 is 10.1 Å². The van der Waals surface area contributed by atoms with E-state index < -0.39 is 0 Å². The Morgan fingerprint density at radius 1 is 1.45 bits per heavy atom. The first-order valence-electron chi connectivity index (χ1n) is 6.48. The Kier molecular flexibility index (Phi) is 3.28. The number of aromatic amines is 1. The molecule has 0 atom stereocenters. The smallest absolute Gasteiger partial charge is 0.322 e. The highest BCUT2D eigenvalue weighted by molar-refractivity contribution is 5.91. The summed E-state index contributed by atoms with van der Waals surface area (Å²) in [6, 6.07) is 7.24. The van der Waals surface area contributed by atoms with Gasteiger partial charge in [0.2, 0.25) is 0 Å². The molecule has 20 heavy (non-hydrogen) atoms. The van der Waals surface area contributed by atoms with Crippen LogP contribution in [0.1, 0.15) is 11.4 Å². The molecule has 6 heteroatoms. The van der Waals surface area contributed by atoms with Crippen molar-refractivity contribution < 1.29 is 9.53 Å². The number of fused-ring (bicyclic) bond motifs is 1. The van der Waals surface area contributed by atoms with E-state index in [0.717, 1.165) is 17.8 Å². The number of benzene rings is 1. The summed E-state index contributed by atoms with van der Waals surface area (Å²) in [6.45, 7) is 1.22. The number of H-pyrrole nitrogens is 1. The van der Waals surface area contributed by atoms with Crippen molar-refractivity contribution in [2.45, 2.75) is 13.0 Å². The maximum atomic E-state index is 12.3. The van der Waals surface area contributed by atoms with Crippen LogP contribution in [0.2, 0.25) is 0 Å². The van der Waals surface area contributed by atoms with Crippen molar-refractivity contribution in [1.29, 1.82) is 0 Å². The van der Waals surface area contributed by atoms with Crippen molar-refractivity contribution in [2.24, 2.45) is 0 Å². The monoisotopic (exact) mass is 272 g/mol. The summed E-state index contributed by atoms with van der Waals surface area (Å²) < 4.78 is 5.23. The number of hydrogen-bond acceptors (Lipinski definition) is 3. The van der Waals surface area contributed by atoms with Gasteiger partial charge in [0.1, 0.15) is 5.75 Å². The third kappa shape index (κ3) is 2.32. The van der Waals surface area contributed by atoms with Crippen LogP contribution in [0.4, 0.5) is 10.5 Å². The quantitative estimate of drug-likeness (QED) is 0.878. The molecule has 2 N–H and O–H groups in total. The van der Waals surface area contributed by atoms with E-state index in [4.69, 9.17) is 4.74 Å². The van der Waals surface area contributed by atoms with E-state index in [-0.39, 0.29) is 6.03 Å². The summed E-state index contributed by atoms with van der Waals surface area (Å²) in [4.78, 5) is 21.3. The molecule has 0 unspecified atom stereocenters. The number of imidazole rings is 1. The van der Waals surface area contributed by atoms with Gasteiger partial charge in [0, 0.05) is 13.0 Å². The predicted octanol–water partition coefficient (Wildman–Crippen LogP) is 2.01. The topological polar surface area (TPSA) is 70.2 Å². The number of aromatic nitrogens is 2. The van der Waals surface area contributed by atoms with E-state index in [0.29, 0.717) is 24.5 Å². The van der Waals surface area contributed by atoms with Gasteiger partial charge >= 0.3 is 6.03 Å². The molecule has 1 aromatic heterocycles. The molecule has 104 valence electrons. The van der Waals surface area contributed by atoms with Gasteiger partial charge in [0.15, 0.2) is 0 Å². The van der Waals surface area contributed by atoms with Gasteiger partial charge in [-0.15, -0.1) is 0 Å². The van der Waals surface area contributed by atoms with Crippen molar-refractivity contribution in [2.75, 3.05) is 19.0 Å². The third-order valence-corrected chi connectivity index (χ3v) is 3.41. The van der Waals surface area contributed by atoms with Crippen LogP contribution >= 0.6 is 0 Å². The average Bonchev–Trinajstić information content (AvgIpc) is 2.95. The van der Waals surface area contributed by atoms with E-state index >= 15 is 0 Å². The summed E-state index contributed by atoms with van der Waals surface area (Å²) in [5, 5.41) is 2.88. The number of hydrogen-bond donors (Lipinski definition) is 2. The predicted molar refractivity (Wildman–Crippen MR) is 74.7 cm³/mol. The van der Waals surface area contributed by atoms with Crippen LogP contribution in [0, 0.1) is 0 Å². The standard InChI is InChI=1S/C14H16N4O2/c1-20-13-5-3-2-4-11(13)17-14(19)18-7-6-10-12(8-18)16-9-15-10/h2-5,9H,6-8H2,1H3,(H,15,16)(H,17,19). The van der Waals surface area contributed by atoms with Gasteiger partial charge in [-0.2, -0.15) is 0 Å². The maximum Gasteiger partial charge on any atom is 0.322 e. The van der Waals surface area contributed by atoms with Crippen LogP contribution in [0.25, 0.3) is 0 Å². The molecule has 0 spiro atoms. The number of rotatable bonds is 2. The van der Waals surface area contributed by atoms with Gasteiger partial charge in [0.05, 0.1) is 37.1 Å². The lowest BCUT2D eigenvalue weighted by Crippen LogP contribution is -2.39. The molecule has 2 aromatic rings. The molecule has 0 saturated carbocycles. The van der Waals surface area contributed by atoms with E-state index in [1.807, 2.05) is 24.3 Å². The normalized spacial score (nSPS) is 13.8. The zero-order valence-electron chi connectivity index (χ0n) is 11.2. The lowest BCUT2D eigenvalue weighted by Gasteiger charge is -2.26. The van der Waals surface area contributed by atoms with E-state index in [2.05, 4.69) is 15.3 Å². The van der Waals surface area contributed by atoms with Crippen molar-refractivity contribution in [3.05, 3.63) is 42.0 Å². The number of methoxy groups -OCH3 is 1. The Balaban J connectivity index is 1.71. The van der Waals surface area contributed by atoms with Gasteiger partial charge in [-0.25, -0.2) is 9.78 Å². The summed E-state index contributed by atoms with van der Waals surface area (Å²) >= 11 is 0. The first-order chi connectivity index (χ1) is 9.78. The summed E-state index contributed by atoms with van der Waals surface area (Å²) in [5.74, 6) is 0.653. The van der Waals surface area contributed by atoms with Crippen LogP contribution in [-0.4, -0.2) is 34.6 Å². The minimum absolute atomic E-state index is 0.130. The summed E-state index contributed by atoms with van der Waals surface area (Å²) in [6.07, 6.45) is 2.45. The molecular formula is C14H16N4O2. The molecule has 1 aliphatic heterocycles. The zero-order chi connectivity index (χ0) is 13.9. The molecule has 0 bridgehead atoms. The second-order valence-corrected chi connectivity index (χ2v) is 4.63. The number of nitrogens with one attached hydrogen (secondary N) is 2. The lowest BCUT2D eigenvalue weighted by molar-refractivity contribution is 0.205. The van der Waals surface area contributed by atoms with E-state index in [9.17, 15) is 4.79 Å². The number of para-hydroxylation sites is 2. The van der Waals surface area contributed by atoms with E-state index in [1.165, 1.54) is 0 Å². The third-order valence-electron chi connectivity index (χ3n) is 3.41. The molecule has 0 fully saturated rings. The number of nitrogens with zero attached hydrogens (tertiary/aromatic N) is 2. The molecule has 1 aromatic carbocycles. The van der Waals surface area contributed by atoms with Crippen molar-refractivity contribution in [1.82, 2.24) is 14.9 Å². The SMILES string of the molecule is COc1ccccc1NC(=O)N1CCc2nc[nH]c2C1. The highest BCUT2D eigenvalue weighted by Crippen LogP contribution is 2.24. The van der Waals surface area contributed by atoms with Crippen LogP contribution in [0.5, 0.6) is 5.75 Å². The zero-order valence-corrected chi connectivity index (χ0v) is 11.2. The molecule has 0 radical (unpaired) electrons. The van der Waals surface area contributed by atoms with Gasteiger partial charge in [-0.05, 0) is 12.1 Å². The fourth-order valence-electron chi connectivity index (χ4n) is 2.33. The molecule has 0 saturated heterocycles. The number of ether oxygens (including phenoxy) is 1. The molecule has 6 nitrogen and oxygen atoms in total. The summed E-state index contributed by atoms with van der Waals surface area (Å²) in [5.41, 5.74) is 2.73. The molecule has 2 amide bonds. The number of carbonyl (C=O) groups excluding carboxylic acids is 1. The Morgan fingerprint density at radius 3 is 3.15 bits per heavy atom. The summed E-state index contributed by atoms with van der Waals surface area (Å²) in [7, 11) is 1.59. The number of urea groups is 1. The van der Waals surface area contributed by atoms with Gasteiger partial charge in [-0.1, -0.05) is 12.1 Å². The second-order valence-electron chi connectivity index (χ2n) is 4.63. The Morgan fingerprint density at radius 2 is 2.30 bits per heavy atom. The van der Waals surface area contributed by atoms with Crippen molar-refractivity contribution in [3.8, 4) is 5.75 Å². The molecule has 1 aliphatic rings. The molecule has 0 aliphatic carbocycles. The minimum Gasteiger partial charge on any atom is -0.495 e. The Bertz CT molecular complexity index is 623. The largest absolute Gasteiger partial charge is 0.495 e. The Labute approximate surface area is 116 Å². The fraction of sp³-hybridized carbons (Fsp3) is 0.286. The minimum atomic E-state index is -0.130. The molecular weight excluding hydrogens is 256 g/mol. The first kappa shape index (κ1) is 12.5. The van der Waals surface area contributed by atoms with Gasteiger partial charge in [0.25, 0.3) is 0 Å². The van der Waals surface area contributed by atoms with Crippen LogP contribution in [0.15, 0.2) is 30.6 Å². The van der Waals surface area contributed by atoms with E-state index in [1.54, 1.807) is 18.3 Å². The van der Waals surface area contributed by atoms with Crippen molar-refractivity contribution >= 4 is 11.7 Å². The second kappa shape index (κ2) is 5.24. The lowest BCUT2D eigenvalue weighted by atomic mass is 10.1. The molecule has 3 rings (SSSR count). The molecule has 2 heterocycles. The maximum absolute atomic E-state index is 12.3. The number of amides is 2. The van der Waals surface area contributed by atoms with Gasteiger partial charge in [-0.3, -0.25) is 0 Å². The fourth-order valence-corrected chi connectivity index (χ4v) is 2.33. The Hall–Kier alpha value is -2.50. The van der Waals surface area contributed by atoms with Crippen LogP contribution in [0.3, 0.4) is 0 Å². The number of anilines is 1. The van der Waals surface area contributed by atoms with Gasteiger partial charge < -0.3 is 19.9 Å². The highest BCUT2D eigenvalue weighted by Gasteiger charge is 2.22. The van der Waals surface area contributed by atoms with Crippen molar-refractivity contribution in [3.63, 3.8) is 0 Å².